The maximum atomic E-state index is 5.34. The Hall–Kier alpha value is -1.87. The Bertz CT molecular complexity index is 764. The van der Waals surface area contributed by atoms with Gasteiger partial charge in [-0.15, -0.1) is 16.4 Å². The normalized spacial score (nSPS) is 14.3. The van der Waals surface area contributed by atoms with Crippen LogP contribution in [0.5, 0.6) is 0 Å². The van der Waals surface area contributed by atoms with Gasteiger partial charge in [-0.05, 0) is 35.4 Å². The fourth-order valence-electron chi connectivity index (χ4n) is 2.23. The molecule has 0 spiro atoms. The molecule has 0 unspecified atom stereocenters. The minimum atomic E-state index is 0.537. The minimum Gasteiger partial charge on any atom is -0.467 e. The lowest BCUT2D eigenvalue weighted by Crippen LogP contribution is -2.18. The highest BCUT2D eigenvalue weighted by molar-refractivity contribution is 7.98. The molecule has 3 aromatic rings. The predicted molar refractivity (Wildman–Crippen MR) is 88.7 cm³/mol. The molecule has 1 aliphatic rings. The van der Waals surface area contributed by atoms with Crippen LogP contribution in [0.3, 0.4) is 0 Å². The van der Waals surface area contributed by atoms with E-state index in [0.717, 1.165) is 27.5 Å². The third-order valence-corrected chi connectivity index (χ3v) is 5.64. The lowest BCUT2D eigenvalue weighted by atomic mass is 10.4. The van der Waals surface area contributed by atoms with Crippen molar-refractivity contribution in [2.24, 2.45) is 0 Å². The molecule has 0 amide bonds. The van der Waals surface area contributed by atoms with Crippen molar-refractivity contribution in [1.82, 2.24) is 25.2 Å². The first-order chi connectivity index (χ1) is 11.3. The van der Waals surface area contributed by atoms with E-state index in [1.165, 1.54) is 12.8 Å². The summed E-state index contributed by atoms with van der Waals surface area (Å²) in [6.07, 6.45) is 4.21. The summed E-state index contributed by atoms with van der Waals surface area (Å²) in [6.45, 7) is 0.537. The average Bonchev–Trinajstić information content (AvgIpc) is 2.95. The van der Waals surface area contributed by atoms with Gasteiger partial charge in [-0.3, -0.25) is 0 Å². The summed E-state index contributed by atoms with van der Waals surface area (Å²) in [5, 5.41) is 15.8. The van der Waals surface area contributed by atoms with Crippen molar-refractivity contribution < 1.29 is 4.42 Å². The van der Waals surface area contributed by atoms with Gasteiger partial charge >= 0.3 is 0 Å². The van der Waals surface area contributed by atoms with Crippen LogP contribution in [0, 0.1) is 0 Å². The van der Waals surface area contributed by atoms with E-state index in [4.69, 9.17) is 9.40 Å². The Morgan fingerprint density at radius 1 is 1.48 bits per heavy atom. The van der Waals surface area contributed by atoms with Gasteiger partial charge in [0.05, 0.1) is 12.0 Å². The monoisotopic (exact) mass is 348 g/mol. The van der Waals surface area contributed by atoms with Crippen molar-refractivity contribution in [3.8, 4) is 0 Å². The Labute approximate surface area is 141 Å². The van der Waals surface area contributed by atoms with Crippen molar-refractivity contribution in [2.75, 3.05) is 11.9 Å². The highest BCUT2D eigenvalue weighted by atomic mass is 32.2. The molecule has 0 saturated heterocycles. The third kappa shape index (κ3) is 3.40. The van der Waals surface area contributed by atoms with Crippen LogP contribution in [0.25, 0.3) is 0 Å². The minimum absolute atomic E-state index is 0.537. The summed E-state index contributed by atoms with van der Waals surface area (Å²) in [6, 6.07) is 4.46. The molecular weight excluding hydrogens is 332 g/mol. The Balaban J connectivity index is 1.38. The summed E-state index contributed by atoms with van der Waals surface area (Å²) in [5.41, 5.74) is 1.06. The molecule has 23 heavy (non-hydrogen) atoms. The summed E-state index contributed by atoms with van der Waals surface area (Å²) in [4.78, 5) is 6.98. The van der Waals surface area contributed by atoms with Gasteiger partial charge in [0.1, 0.15) is 12.3 Å². The maximum absolute atomic E-state index is 5.34. The van der Waals surface area contributed by atoms with Crippen LogP contribution < -0.4 is 4.90 Å². The summed E-state index contributed by atoms with van der Waals surface area (Å²) < 4.78 is 7.08. The van der Waals surface area contributed by atoms with Gasteiger partial charge in [0.15, 0.2) is 5.13 Å². The molecule has 1 saturated carbocycles. The smallest absolute Gasteiger partial charge is 0.210 e. The van der Waals surface area contributed by atoms with Crippen LogP contribution in [-0.4, -0.2) is 38.3 Å². The molecule has 120 valence electrons. The quantitative estimate of drug-likeness (QED) is 0.608. The van der Waals surface area contributed by atoms with Crippen molar-refractivity contribution >= 4 is 28.2 Å². The topological polar surface area (TPSA) is 72.9 Å². The highest BCUT2D eigenvalue weighted by Gasteiger charge is 2.28. The number of anilines is 1. The molecule has 0 radical (unpaired) electrons. The van der Waals surface area contributed by atoms with Crippen molar-refractivity contribution in [1.29, 1.82) is 0 Å². The molecule has 0 aromatic carbocycles. The van der Waals surface area contributed by atoms with E-state index in [1.54, 1.807) is 34.0 Å². The third-order valence-electron chi connectivity index (χ3n) is 3.67. The van der Waals surface area contributed by atoms with E-state index < -0.39 is 0 Å². The van der Waals surface area contributed by atoms with Gasteiger partial charge in [-0.25, -0.2) is 9.67 Å². The first kappa shape index (κ1) is 14.7. The number of nitrogens with zero attached hydrogens (tertiary/aromatic N) is 6. The molecule has 9 heteroatoms. The lowest BCUT2D eigenvalue weighted by Gasteiger charge is -2.13. The average molecular weight is 348 g/mol. The number of furan rings is 1. The number of thiazole rings is 1. The van der Waals surface area contributed by atoms with Crippen LogP contribution >= 0.6 is 23.1 Å². The van der Waals surface area contributed by atoms with Crippen LogP contribution in [0.15, 0.2) is 33.3 Å². The van der Waals surface area contributed by atoms with Gasteiger partial charge < -0.3 is 9.32 Å². The maximum Gasteiger partial charge on any atom is 0.210 e. The number of tetrazole rings is 1. The zero-order valence-electron chi connectivity index (χ0n) is 12.6. The number of hydrogen-bond acceptors (Lipinski definition) is 8. The Morgan fingerprint density at radius 3 is 3.17 bits per heavy atom. The molecule has 0 N–H and O–H groups in total. The fraction of sp³-hybridized carbons (Fsp3) is 0.429. The second-order valence-electron chi connectivity index (χ2n) is 5.45. The van der Waals surface area contributed by atoms with E-state index in [9.17, 15) is 0 Å². The van der Waals surface area contributed by atoms with E-state index in [1.807, 2.05) is 12.1 Å². The van der Waals surface area contributed by atoms with E-state index in [-0.39, 0.29) is 0 Å². The van der Waals surface area contributed by atoms with E-state index in [0.29, 0.717) is 12.6 Å². The summed E-state index contributed by atoms with van der Waals surface area (Å²) >= 11 is 3.29. The van der Waals surface area contributed by atoms with Crippen LogP contribution in [0.1, 0.15) is 24.3 Å². The molecule has 0 aliphatic heterocycles. The standard InChI is InChI=1S/C14H16N6OS2/c1-19(11-4-5-11)13-15-10(8-22-13)9-23-14-16-17-18-20(14)7-12-3-2-6-21-12/h2-3,6,8,11H,4-5,7,9H2,1H3. The van der Waals surface area contributed by atoms with Gasteiger partial charge in [-0.1, -0.05) is 11.8 Å². The van der Waals surface area contributed by atoms with Gasteiger partial charge in [0.2, 0.25) is 5.16 Å². The molecule has 4 rings (SSSR count). The summed E-state index contributed by atoms with van der Waals surface area (Å²) in [7, 11) is 2.12. The molecule has 1 aliphatic carbocycles. The molecule has 3 aromatic heterocycles. The number of hydrogen-bond donors (Lipinski definition) is 0. The number of rotatable bonds is 7. The van der Waals surface area contributed by atoms with Crippen molar-refractivity contribution in [2.45, 2.75) is 36.3 Å². The molecule has 3 heterocycles. The first-order valence-electron chi connectivity index (χ1n) is 7.38. The number of aromatic nitrogens is 5. The lowest BCUT2D eigenvalue weighted by molar-refractivity contribution is 0.462. The SMILES string of the molecule is CN(c1nc(CSc2nnnn2Cc2ccco2)cs1)C1CC1. The van der Waals surface area contributed by atoms with Crippen LogP contribution in [0.4, 0.5) is 5.13 Å². The van der Waals surface area contributed by atoms with E-state index in [2.05, 4.69) is 32.9 Å². The summed E-state index contributed by atoms with van der Waals surface area (Å²) in [5.74, 6) is 1.59. The van der Waals surface area contributed by atoms with Crippen molar-refractivity contribution in [3.05, 3.63) is 35.2 Å². The Morgan fingerprint density at radius 2 is 2.39 bits per heavy atom. The second kappa shape index (κ2) is 6.32. The zero-order chi connectivity index (χ0) is 15.6. The van der Waals surface area contributed by atoms with Crippen LogP contribution in [0.2, 0.25) is 0 Å². The molecule has 0 bridgehead atoms. The highest BCUT2D eigenvalue weighted by Crippen LogP contribution is 2.33. The molecule has 7 nitrogen and oxygen atoms in total. The molecule has 0 atom stereocenters. The van der Waals surface area contributed by atoms with Crippen LogP contribution in [-0.2, 0) is 12.3 Å². The molecule has 1 fully saturated rings. The first-order valence-corrected chi connectivity index (χ1v) is 9.24. The second-order valence-corrected chi connectivity index (χ2v) is 7.23. The fourth-order valence-corrected chi connectivity index (χ4v) is 3.97. The van der Waals surface area contributed by atoms with E-state index >= 15 is 0 Å². The van der Waals surface area contributed by atoms with Gasteiger partial charge in [0, 0.05) is 24.2 Å². The van der Waals surface area contributed by atoms with Gasteiger partial charge in [-0.2, -0.15) is 0 Å². The number of thioether (sulfide) groups is 1. The van der Waals surface area contributed by atoms with Gasteiger partial charge in [0.25, 0.3) is 0 Å². The predicted octanol–water partition coefficient (Wildman–Crippen LogP) is 2.66. The largest absolute Gasteiger partial charge is 0.467 e. The van der Waals surface area contributed by atoms with Crippen molar-refractivity contribution in [3.63, 3.8) is 0 Å². The molecular formula is C14H16N6OS2. The zero-order valence-corrected chi connectivity index (χ0v) is 14.3. The Kier molecular flexibility index (Phi) is 4.04.